The highest BCUT2D eigenvalue weighted by atomic mass is 19.1. The first-order valence-electron chi connectivity index (χ1n) is 11.4. The summed E-state index contributed by atoms with van der Waals surface area (Å²) in [5.74, 6) is 1.14. The summed E-state index contributed by atoms with van der Waals surface area (Å²) in [5.41, 5.74) is 2.86. The van der Waals surface area contributed by atoms with Crippen molar-refractivity contribution < 1.29 is 14.3 Å². The molecule has 4 aliphatic rings. The van der Waals surface area contributed by atoms with E-state index in [2.05, 4.69) is 41.1 Å². The number of aromatic amines is 1. The Morgan fingerprint density at radius 1 is 1.27 bits per heavy atom. The highest BCUT2D eigenvalue weighted by molar-refractivity contribution is 5.85. The minimum absolute atomic E-state index is 0.197. The average Bonchev–Trinajstić information content (AvgIpc) is 3.59. The number of carboxylic acid groups (broad SMARTS) is 1. The summed E-state index contributed by atoms with van der Waals surface area (Å²) in [4.78, 5) is 17.2. The van der Waals surface area contributed by atoms with E-state index in [1.165, 1.54) is 34.7 Å². The second-order valence-electron chi connectivity index (χ2n) is 10.2. The molecule has 5 unspecified atom stereocenters. The third kappa shape index (κ3) is 2.93. The highest BCUT2D eigenvalue weighted by Crippen LogP contribution is 2.64. The van der Waals surface area contributed by atoms with Gasteiger partial charge in [-0.1, -0.05) is 24.3 Å². The molecule has 1 aliphatic heterocycles. The molecule has 2 aromatic rings. The maximum Gasteiger partial charge on any atom is 0.327 e. The number of para-hydroxylation sites is 1. The summed E-state index contributed by atoms with van der Waals surface area (Å²) >= 11 is 0. The number of hydrogen-bond donors (Lipinski definition) is 2. The van der Waals surface area contributed by atoms with E-state index in [4.69, 9.17) is 5.11 Å². The van der Waals surface area contributed by atoms with Crippen LogP contribution in [-0.2, 0) is 11.2 Å². The fourth-order valence-electron chi connectivity index (χ4n) is 6.56. The molecule has 1 aromatic heterocycles. The molecule has 4 nitrogen and oxygen atoms in total. The Kier molecular flexibility index (Phi) is 3.99. The Labute approximate surface area is 176 Å². The fraction of sp³-hybridized carbons (Fsp3) is 0.560. The lowest BCUT2D eigenvalue weighted by molar-refractivity contribution is -0.131. The van der Waals surface area contributed by atoms with E-state index in [1.54, 1.807) is 0 Å². The molecule has 6 rings (SSSR count). The van der Waals surface area contributed by atoms with Gasteiger partial charge in [-0.15, -0.1) is 0 Å². The van der Waals surface area contributed by atoms with Crippen molar-refractivity contribution in [1.29, 1.82) is 0 Å². The molecule has 0 bridgehead atoms. The Balaban J connectivity index is 1.40. The number of aromatic nitrogens is 1. The molecule has 6 atom stereocenters. The third-order valence-corrected chi connectivity index (χ3v) is 8.25. The Morgan fingerprint density at radius 3 is 2.83 bits per heavy atom. The molecule has 1 aromatic carbocycles. The summed E-state index contributed by atoms with van der Waals surface area (Å²) in [6.07, 6.45) is 7.73. The second-order valence-corrected chi connectivity index (χ2v) is 10.2. The molecule has 2 N–H and O–H groups in total. The molecular weight excluding hydrogens is 379 g/mol. The van der Waals surface area contributed by atoms with Gasteiger partial charge in [-0.3, -0.25) is 4.90 Å². The maximum absolute atomic E-state index is 15.0. The van der Waals surface area contributed by atoms with E-state index in [0.717, 1.165) is 12.8 Å². The number of H-pyrrole nitrogens is 1. The number of carboxylic acids is 1. The summed E-state index contributed by atoms with van der Waals surface area (Å²) in [7, 11) is 0. The van der Waals surface area contributed by atoms with Crippen LogP contribution >= 0.6 is 0 Å². The smallest absolute Gasteiger partial charge is 0.327 e. The molecule has 3 fully saturated rings. The van der Waals surface area contributed by atoms with Crippen LogP contribution in [0.2, 0.25) is 0 Å². The molecule has 0 amide bonds. The number of hydrogen-bond acceptors (Lipinski definition) is 2. The predicted octanol–water partition coefficient (Wildman–Crippen LogP) is 4.87. The first kappa shape index (κ1) is 18.6. The molecule has 158 valence electrons. The standard InChI is InChI=1S/C25H29FN2O2/c1-14-10-19-16-4-2-3-5-21(16)27-23(19)24(28(14)13-25(26)8-9-25)20-11-15(6-7-22(29)30)17-12-18(17)20/h2-7,14-15,17-18,20,24,27H,8-13H2,1H3,(H,29,30)/b7-6+/t14?,15-,17?,18?,20?,24?/m1/s1. The van der Waals surface area contributed by atoms with Crippen molar-refractivity contribution in [2.45, 2.75) is 56.8 Å². The number of nitrogens with zero attached hydrogens (tertiary/aromatic N) is 1. The minimum atomic E-state index is -1.01. The zero-order chi connectivity index (χ0) is 20.6. The number of allylic oxidation sites excluding steroid dienone is 1. The molecule has 30 heavy (non-hydrogen) atoms. The van der Waals surface area contributed by atoms with Gasteiger partial charge in [-0.05, 0) is 74.3 Å². The van der Waals surface area contributed by atoms with Crippen molar-refractivity contribution in [3.63, 3.8) is 0 Å². The summed E-state index contributed by atoms with van der Waals surface area (Å²) in [6.45, 7) is 2.78. The summed E-state index contributed by atoms with van der Waals surface area (Å²) < 4.78 is 15.0. The van der Waals surface area contributed by atoms with Gasteiger partial charge in [-0.25, -0.2) is 9.18 Å². The van der Waals surface area contributed by atoms with Gasteiger partial charge in [-0.2, -0.15) is 0 Å². The number of alkyl halides is 1. The van der Waals surface area contributed by atoms with Gasteiger partial charge in [0.2, 0.25) is 0 Å². The fourth-order valence-corrected chi connectivity index (χ4v) is 6.56. The van der Waals surface area contributed by atoms with Crippen molar-refractivity contribution in [3.8, 4) is 0 Å². The van der Waals surface area contributed by atoms with E-state index < -0.39 is 11.6 Å². The minimum Gasteiger partial charge on any atom is -0.478 e. The third-order valence-electron chi connectivity index (χ3n) is 8.25. The predicted molar refractivity (Wildman–Crippen MR) is 114 cm³/mol. The molecule has 0 spiro atoms. The summed E-state index contributed by atoms with van der Waals surface area (Å²) in [6, 6.07) is 9.02. The van der Waals surface area contributed by atoms with Crippen LogP contribution in [0.5, 0.6) is 0 Å². The molecule has 5 heteroatoms. The maximum atomic E-state index is 15.0. The lowest BCUT2D eigenvalue weighted by Crippen LogP contribution is -2.48. The quantitative estimate of drug-likeness (QED) is 0.694. The topological polar surface area (TPSA) is 56.3 Å². The second kappa shape index (κ2) is 6.43. The zero-order valence-corrected chi connectivity index (χ0v) is 17.4. The number of nitrogens with one attached hydrogen (secondary N) is 1. The lowest BCUT2D eigenvalue weighted by Gasteiger charge is -2.45. The number of fused-ring (bicyclic) bond motifs is 4. The lowest BCUT2D eigenvalue weighted by atomic mass is 9.81. The van der Waals surface area contributed by atoms with Gasteiger partial charge in [0.25, 0.3) is 0 Å². The first-order valence-corrected chi connectivity index (χ1v) is 11.4. The SMILES string of the molecule is CC1Cc2c([nH]c3ccccc23)C(C2C[C@@H](/C=C/C(=O)O)C3CC23)N1CC1(F)CC1. The van der Waals surface area contributed by atoms with Gasteiger partial charge in [0.1, 0.15) is 5.67 Å². The van der Waals surface area contributed by atoms with Crippen molar-refractivity contribution in [3.05, 3.63) is 47.7 Å². The number of benzene rings is 1. The number of aliphatic carboxylic acids is 1. The van der Waals surface area contributed by atoms with Crippen molar-refractivity contribution >= 4 is 16.9 Å². The molecule has 3 saturated carbocycles. The monoisotopic (exact) mass is 408 g/mol. The van der Waals surface area contributed by atoms with E-state index in [0.29, 0.717) is 49.1 Å². The number of carbonyl (C=O) groups is 1. The van der Waals surface area contributed by atoms with Crippen LogP contribution in [0.15, 0.2) is 36.4 Å². The van der Waals surface area contributed by atoms with Crippen LogP contribution in [0.25, 0.3) is 10.9 Å². The van der Waals surface area contributed by atoms with E-state index in [1.807, 2.05) is 6.08 Å². The first-order chi connectivity index (χ1) is 14.4. The highest BCUT2D eigenvalue weighted by Gasteiger charge is 2.58. The molecule has 2 heterocycles. The zero-order valence-electron chi connectivity index (χ0n) is 17.4. The molecule has 0 saturated heterocycles. The van der Waals surface area contributed by atoms with Crippen molar-refractivity contribution in [1.82, 2.24) is 9.88 Å². The van der Waals surface area contributed by atoms with Gasteiger partial charge >= 0.3 is 5.97 Å². The van der Waals surface area contributed by atoms with E-state index in [9.17, 15) is 9.18 Å². The molecule has 3 aliphatic carbocycles. The molecule has 0 radical (unpaired) electrons. The van der Waals surface area contributed by atoms with Crippen molar-refractivity contribution in [2.24, 2.45) is 23.7 Å². The van der Waals surface area contributed by atoms with Gasteiger partial charge in [0.05, 0.1) is 6.04 Å². The van der Waals surface area contributed by atoms with Gasteiger partial charge < -0.3 is 10.1 Å². The van der Waals surface area contributed by atoms with Crippen LogP contribution in [0.4, 0.5) is 4.39 Å². The normalized spacial score (nSPS) is 36.7. The summed E-state index contributed by atoms with van der Waals surface area (Å²) in [5, 5.41) is 10.4. The van der Waals surface area contributed by atoms with Crippen LogP contribution in [0.3, 0.4) is 0 Å². The largest absolute Gasteiger partial charge is 0.478 e. The van der Waals surface area contributed by atoms with Crippen LogP contribution < -0.4 is 0 Å². The van der Waals surface area contributed by atoms with Gasteiger partial charge in [0, 0.05) is 35.3 Å². The van der Waals surface area contributed by atoms with Crippen LogP contribution in [-0.4, -0.2) is 39.2 Å². The van der Waals surface area contributed by atoms with Crippen LogP contribution in [0, 0.1) is 23.7 Å². The number of rotatable bonds is 5. The average molecular weight is 409 g/mol. The Hall–Kier alpha value is -2.14. The molecular formula is C25H29FN2O2. The van der Waals surface area contributed by atoms with Crippen molar-refractivity contribution in [2.75, 3.05) is 6.54 Å². The Morgan fingerprint density at radius 2 is 2.07 bits per heavy atom. The number of halogens is 1. The van der Waals surface area contributed by atoms with E-state index in [-0.39, 0.29) is 6.04 Å². The van der Waals surface area contributed by atoms with E-state index >= 15 is 0 Å². The Bertz CT molecular complexity index is 1040. The van der Waals surface area contributed by atoms with Gasteiger partial charge in [0.15, 0.2) is 0 Å². The van der Waals surface area contributed by atoms with Crippen LogP contribution in [0.1, 0.15) is 49.9 Å².